The number of methoxy groups -OCH3 is 1. The summed E-state index contributed by atoms with van der Waals surface area (Å²) in [7, 11) is 1.59. The van der Waals surface area contributed by atoms with Crippen molar-refractivity contribution < 1.29 is 23.9 Å². The van der Waals surface area contributed by atoms with Gasteiger partial charge >= 0.3 is 0 Å². The van der Waals surface area contributed by atoms with E-state index >= 15 is 0 Å². The van der Waals surface area contributed by atoms with E-state index in [2.05, 4.69) is 22.0 Å². The van der Waals surface area contributed by atoms with Crippen LogP contribution in [0, 0.1) is 40.9 Å². The molecule has 9 heteroatoms. The van der Waals surface area contributed by atoms with Crippen LogP contribution in [0.3, 0.4) is 0 Å². The van der Waals surface area contributed by atoms with Crippen molar-refractivity contribution in [3.8, 4) is 11.8 Å². The van der Waals surface area contributed by atoms with Gasteiger partial charge in [-0.25, -0.2) is 0 Å². The van der Waals surface area contributed by atoms with Gasteiger partial charge in [0.25, 0.3) is 0 Å². The second kappa shape index (κ2) is 8.72. The number of hydrogen-bond acceptors (Lipinski definition) is 6. The maximum absolute atomic E-state index is 13.6. The van der Waals surface area contributed by atoms with Crippen molar-refractivity contribution in [1.29, 1.82) is 5.26 Å². The minimum absolute atomic E-state index is 0.130. The molecule has 1 aromatic rings. The van der Waals surface area contributed by atoms with Gasteiger partial charge in [0.15, 0.2) is 0 Å². The van der Waals surface area contributed by atoms with Crippen molar-refractivity contribution in [1.82, 2.24) is 16.0 Å². The predicted molar refractivity (Wildman–Crippen MR) is 131 cm³/mol. The number of imide groups is 1. The highest BCUT2D eigenvalue weighted by Crippen LogP contribution is 2.55. The first-order valence-electron chi connectivity index (χ1n) is 13.1. The van der Waals surface area contributed by atoms with Gasteiger partial charge in [0.05, 0.1) is 25.0 Å². The van der Waals surface area contributed by atoms with Crippen molar-refractivity contribution in [2.75, 3.05) is 7.11 Å². The Bertz CT molecular complexity index is 1280. The lowest BCUT2D eigenvalue weighted by molar-refractivity contribution is -0.138. The highest BCUT2D eigenvalue weighted by Gasteiger charge is 2.64. The molecule has 0 radical (unpaired) electrons. The van der Waals surface area contributed by atoms with Gasteiger partial charge < -0.3 is 15.4 Å². The third-order valence-electron chi connectivity index (χ3n) is 9.05. The third kappa shape index (κ3) is 3.90. The molecule has 37 heavy (non-hydrogen) atoms. The van der Waals surface area contributed by atoms with Crippen LogP contribution >= 0.6 is 0 Å². The second-order valence-electron chi connectivity index (χ2n) is 11.2. The highest BCUT2D eigenvalue weighted by molar-refractivity contribution is 6.06. The average Bonchev–Trinajstić information content (AvgIpc) is 3.51. The smallest absolute Gasteiger partial charge is 0.248 e. The topological polar surface area (TPSA) is 137 Å². The summed E-state index contributed by atoms with van der Waals surface area (Å²) in [5.41, 5.74) is 1.20. The molecule has 6 atom stereocenters. The van der Waals surface area contributed by atoms with Gasteiger partial charge in [-0.15, -0.1) is 0 Å². The molecule has 4 amide bonds. The number of hydrogen-bond donors (Lipinski definition) is 3. The summed E-state index contributed by atoms with van der Waals surface area (Å²) in [6.07, 6.45) is 6.47. The minimum atomic E-state index is -1.23. The quantitative estimate of drug-likeness (QED) is 0.485. The Kier molecular flexibility index (Phi) is 5.59. The largest absolute Gasteiger partial charge is 0.496 e. The summed E-state index contributed by atoms with van der Waals surface area (Å²) in [5, 5.41) is 18.6. The van der Waals surface area contributed by atoms with Gasteiger partial charge in [-0.05, 0) is 55.2 Å². The van der Waals surface area contributed by atoms with Gasteiger partial charge in [-0.3, -0.25) is 24.5 Å². The fourth-order valence-corrected chi connectivity index (χ4v) is 7.09. The SMILES string of the molecule is COc1cccc2c1C=C(C(=O)N[C@@H](CC1CC1)C(=O)NC1(C#N)CC3CCC1C1C(=O)NC(=O)C31)C2. The van der Waals surface area contributed by atoms with E-state index in [1.54, 1.807) is 7.11 Å². The zero-order valence-corrected chi connectivity index (χ0v) is 20.7. The first-order valence-corrected chi connectivity index (χ1v) is 13.1. The van der Waals surface area contributed by atoms with Crippen LogP contribution in [-0.2, 0) is 25.6 Å². The standard InChI is InChI=1S/C28H30N4O5/c1-37-21-4-2-3-15-10-17(11-18(15)21)24(33)30-20(9-14-5-6-14)25(34)32-28(13-29)12-16-7-8-19(28)23-22(16)26(35)31-27(23)36/h2-4,11,14,16,19-20,22-23H,5-10,12H2,1H3,(H,30,33)(H,32,34)(H,31,35,36)/t16?,19?,20-,22?,23?,28?/m0/s1. The molecule has 7 rings (SSSR count). The van der Waals surface area contributed by atoms with Crippen LogP contribution in [-0.4, -0.2) is 42.3 Å². The molecule has 5 aliphatic carbocycles. The van der Waals surface area contributed by atoms with Crippen LogP contribution in [0.1, 0.15) is 49.7 Å². The molecular weight excluding hydrogens is 472 g/mol. The van der Waals surface area contributed by atoms with Crippen molar-refractivity contribution >= 4 is 29.7 Å². The number of ether oxygens (including phenoxy) is 1. The lowest BCUT2D eigenvalue weighted by Gasteiger charge is -2.52. The predicted octanol–water partition coefficient (Wildman–Crippen LogP) is 1.62. The maximum Gasteiger partial charge on any atom is 0.248 e. The van der Waals surface area contributed by atoms with E-state index in [1.807, 2.05) is 24.3 Å². The molecule has 1 saturated heterocycles. The molecule has 6 aliphatic rings. The number of benzene rings is 1. The average molecular weight is 503 g/mol. The number of carbonyl (C=O) groups excluding carboxylic acids is 4. The summed E-state index contributed by atoms with van der Waals surface area (Å²) in [6, 6.07) is 7.23. The van der Waals surface area contributed by atoms with Gasteiger partial charge in [0.2, 0.25) is 23.6 Å². The van der Waals surface area contributed by atoms with Crippen molar-refractivity contribution in [2.45, 2.75) is 56.5 Å². The summed E-state index contributed by atoms with van der Waals surface area (Å²) >= 11 is 0. The minimum Gasteiger partial charge on any atom is -0.496 e. The van der Waals surface area contributed by atoms with E-state index in [4.69, 9.17) is 4.74 Å². The molecule has 1 aliphatic heterocycles. The summed E-state index contributed by atoms with van der Waals surface area (Å²) in [4.78, 5) is 51.9. The molecule has 2 bridgehead atoms. The number of amides is 4. The van der Waals surface area contributed by atoms with Crippen LogP contribution in [0.4, 0.5) is 0 Å². The van der Waals surface area contributed by atoms with Crippen molar-refractivity contribution in [3.05, 3.63) is 34.9 Å². The number of rotatable bonds is 7. The van der Waals surface area contributed by atoms with Gasteiger partial charge in [-0.1, -0.05) is 25.0 Å². The number of fused-ring (bicyclic) bond motifs is 3. The molecule has 5 fully saturated rings. The number of nitriles is 1. The number of carbonyl (C=O) groups is 4. The normalized spacial score (nSPS) is 31.9. The van der Waals surface area contributed by atoms with Gasteiger partial charge in [0, 0.05) is 23.5 Å². The maximum atomic E-state index is 13.6. The first-order chi connectivity index (χ1) is 17.8. The summed E-state index contributed by atoms with van der Waals surface area (Å²) in [5.74, 6) is -1.82. The lowest BCUT2D eigenvalue weighted by Crippen LogP contribution is -2.66. The Morgan fingerprint density at radius 1 is 1.19 bits per heavy atom. The lowest BCUT2D eigenvalue weighted by atomic mass is 9.52. The van der Waals surface area contributed by atoms with E-state index < -0.39 is 35.2 Å². The van der Waals surface area contributed by atoms with E-state index in [9.17, 15) is 24.4 Å². The monoisotopic (exact) mass is 502 g/mol. The third-order valence-corrected chi connectivity index (χ3v) is 9.05. The molecule has 4 saturated carbocycles. The number of nitrogens with zero attached hydrogens (tertiary/aromatic N) is 1. The Morgan fingerprint density at radius 2 is 1.97 bits per heavy atom. The zero-order chi connectivity index (χ0) is 25.9. The Hall–Kier alpha value is -3.67. The summed E-state index contributed by atoms with van der Waals surface area (Å²) < 4.78 is 5.42. The molecule has 5 unspecified atom stereocenters. The Balaban J connectivity index is 1.21. The molecular formula is C28H30N4O5. The molecule has 1 heterocycles. The molecule has 0 spiro atoms. The van der Waals surface area contributed by atoms with Crippen LogP contribution in [0.15, 0.2) is 23.8 Å². The van der Waals surface area contributed by atoms with E-state index in [1.165, 1.54) is 0 Å². The zero-order valence-electron chi connectivity index (χ0n) is 20.7. The van der Waals surface area contributed by atoms with Crippen LogP contribution in [0.25, 0.3) is 6.08 Å². The fourth-order valence-electron chi connectivity index (χ4n) is 7.09. The Morgan fingerprint density at radius 3 is 2.70 bits per heavy atom. The van der Waals surface area contributed by atoms with E-state index in [-0.39, 0.29) is 23.6 Å². The van der Waals surface area contributed by atoms with Crippen LogP contribution < -0.4 is 20.7 Å². The van der Waals surface area contributed by atoms with Gasteiger partial charge in [-0.2, -0.15) is 5.26 Å². The fraction of sp³-hybridized carbons (Fsp3) is 0.536. The number of nitrogens with one attached hydrogen (secondary N) is 3. The molecule has 1 aromatic carbocycles. The Labute approximate surface area is 215 Å². The molecule has 9 nitrogen and oxygen atoms in total. The van der Waals surface area contributed by atoms with Crippen molar-refractivity contribution in [3.63, 3.8) is 0 Å². The first kappa shape index (κ1) is 23.7. The van der Waals surface area contributed by atoms with Gasteiger partial charge in [0.1, 0.15) is 17.3 Å². The van der Waals surface area contributed by atoms with Crippen molar-refractivity contribution in [2.24, 2.45) is 29.6 Å². The van der Waals surface area contributed by atoms with E-state index in [0.29, 0.717) is 42.9 Å². The second-order valence-corrected chi connectivity index (χ2v) is 11.2. The molecule has 192 valence electrons. The highest BCUT2D eigenvalue weighted by atomic mass is 16.5. The summed E-state index contributed by atoms with van der Waals surface area (Å²) in [6.45, 7) is 0. The molecule has 3 N–H and O–H groups in total. The van der Waals surface area contributed by atoms with Crippen LogP contribution in [0.5, 0.6) is 5.75 Å². The van der Waals surface area contributed by atoms with E-state index in [0.717, 1.165) is 30.4 Å². The van der Waals surface area contributed by atoms with Crippen LogP contribution in [0.2, 0.25) is 0 Å². The molecule has 0 aromatic heterocycles.